The van der Waals surface area contributed by atoms with Crippen LogP contribution in [-0.2, 0) is 4.79 Å². The molecular weight excluding hydrogens is 318 g/mol. The summed E-state index contributed by atoms with van der Waals surface area (Å²) in [5.41, 5.74) is 8.35. The number of benzene rings is 1. The molecule has 0 saturated carbocycles. The van der Waals surface area contributed by atoms with E-state index < -0.39 is 0 Å². The Balaban J connectivity index is 0.00000176. The third-order valence-electron chi connectivity index (χ3n) is 3.94. The minimum absolute atomic E-state index is 0. The van der Waals surface area contributed by atoms with Crippen LogP contribution in [0.5, 0.6) is 0 Å². The van der Waals surface area contributed by atoms with Crippen molar-refractivity contribution in [3.05, 3.63) is 29.1 Å². The second-order valence-corrected chi connectivity index (χ2v) is 6.24. The zero-order valence-corrected chi connectivity index (χ0v) is 13.9. The number of piperazine rings is 1. The Morgan fingerprint density at radius 1 is 1.36 bits per heavy atom. The zero-order valence-electron chi connectivity index (χ0n) is 12.3. The fourth-order valence-electron chi connectivity index (χ4n) is 2.72. The molecule has 118 valence electrons. The molecule has 2 heterocycles. The molecular formula is C16H20ClN3OS. The largest absolute Gasteiger partial charge is 0.399 e. The van der Waals surface area contributed by atoms with Gasteiger partial charge in [-0.25, -0.2) is 4.79 Å². The van der Waals surface area contributed by atoms with E-state index in [-0.39, 0.29) is 12.4 Å². The van der Waals surface area contributed by atoms with Crippen LogP contribution < -0.4 is 11.1 Å². The van der Waals surface area contributed by atoms with Gasteiger partial charge in [0.2, 0.25) is 0 Å². The van der Waals surface area contributed by atoms with Crippen LogP contribution in [0, 0.1) is 0 Å². The Hall–Kier alpha value is -1.36. The number of fused-ring (bicyclic) bond motifs is 1. The maximum Gasteiger partial charge on any atom is 0.128 e. The molecule has 6 heteroatoms. The molecule has 0 atom stereocenters. The summed E-state index contributed by atoms with van der Waals surface area (Å²) in [4.78, 5) is 13.8. The van der Waals surface area contributed by atoms with Crippen LogP contribution in [0.2, 0.25) is 0 Å². The summed E-state index contributed by atoms with van der Waals surface area (Å²) >= 11 is 1.63. The number of thiophene rings is 1. The Morgan fingerprint density at radius 2 is 2.14 bits per heavy atom. The van der Waals surface area contributed by atoms with Crippen molar-refractivity contribution in [3.8, 4) is 0 Å². The first-order valence-electron chi connectivity index (χ1n) is 7.22. The predicted molar refractivity (Wildman–Crippen MR) is 96.5 cm³/mol. The van der Waals surface area contributed by atoms with Gasteiger partial charge in [-0.1, -0.05) is 6.07 Å². The molecule has 1 aromatic carbocycles. The smallest absolute Gasteiger partial charge is 0.128 e. The van der Waals surface area contributed by atoms with Crippen LogP contribution >= 0.6 is 23.7 Å². The first-order valence-corrected chi connectivity index (χ1v) is 8.10. The number of hydrogen-bond acceptors (Lipinski definition) is 5. The fourth-order valence-corrected chi connectivity index (χ4v) is 3.75. The molecule has 0 amide bonds. The van der Waals surface area contributed by atoms with Crippen molar-refractivity contribution in [3.63, 3.8) is 0 Å². The predicted octanol–water partition coefficient (Wildman–Crippen LogP) is 2.42. The Kier molecular flexibility index (Phi) is 6.00. The lowest BCUT2D eigenvalue weighted by atomic mass is 10.0. The fraction of sp³-hybridized carbons (Fsp3) is 0.375. The van der Waals surface area contributed by atoms with Crippen LogP contribution in [0.1, 0.15) is 12.0 Å². The van der Waals surface area contributed by atoms with Crippen LogP contribution in [0.3, 0.4) is 0 Å². The summed E-state index contributed by atoms with van der Waals surface area (Å²) in [5, 5.41) is 6.49. The molecule has 3 rings (SSSR count). The van der Waals surface area contributed by atoms with Gasteiger partial charge >= 0.3 is 0 Å². The molecule has 1 fully saturated rings. The van der Waals surface area contributed by atoms with Crippen molar-refractivity contribution in [2.75, 3.05) is 38.5 Å². The van der Waals surface area contributed by atoms with Crippen molar-refractivity contribution in [2.45, 2.75) is 6.42 Å². The summed E-state index contributed by atoms with van der Waals surface area (Å²) in [5.74, 6) is 2.15. The summed E-state index contributed by atoms with van der Waals surface area (Å²) in [6.45, 7) is 5.07. The van der Waals surface area contributed by atoms with Crippen LogP contribution in [0.15, 0.2) is 23.6 Å². The molecule has 22 heavy (non-hydrogen) atoms. The quantitative estimate of drug-likeness (QED) is 0.664. The molecule has 3 N–H and O–H groups in total. The van der Waals surface area contributed by atoms with Crippen molar-refractivity contribution in [2.24, 2.45) is 0 Å². The number of nitrogens with zero attached hydrogens (tertiary/aromatic N) is 1. The maximum atomic E-state index is 11.4. The first kappa shape index (κ1) is 17.0. The molecule has 0 bridgehead atoms. The van der Waals surface area contributed by atoms with Crippen molar-refractivity contribution < 1.29 is 4.79 Å². The molecule has 1 aromatic heterocycles. The summed E-state index contributed by atoms with van der Waals surface area (Å²) in [6, 6.07) is 5.85. The van der Waals surface area contributed by atoms with Crippen LogP contribution in [-0.4, -0.2) is 43.6 Å². The van der Waals surface area contributed by atoms with Gasteiger partial charge in [-0.05, 0) is 18.6 Å². The highest BCUT2D eigenvalue weighted by Gasteiger charge is 2.14. The van der Waals surface area contributed by atoms with E-state index in [9.17, 15) is 4.79 Å². The van der Waals surface area contributed by atoms with Gasteiger partial charge in [0.05, 0.1) is 0 Å². The Bertz CT molecular complexity index is 688. The van der Waals surface area contributed by atoms with E-state index in [1.54, 1.807) is 11.3 Å². The molecule has 2 aromatic rings. The van der Waals surface area contributed by atoms with Crippen LogP contribution in [0.25, 0.3) is 15.7 Å². The van der Waals surface area contributed by atoms with Gasteiger partial charge in [0, 0.05) is 65.0 Å². The van der Waals surface area contributed by atoms with Crippen LogP contribution in [0.4, 0.5) is 5.69 Å². The highest BCUT2D eigenvalue weighted by Crippen LogP contribution is 2.32. The second kappa shape index (κ2) is 7.77. The monoisotopic (exact) mass is 337 g/mol. The molecule has 1 aliphatic heterocycles. The van der Waals surface area contributed by atoms with E-state index in [0.29, 0.717) is 0 Å². The average Bonchev–Trinajstić information content (AvgIpc) is 2.92. The lowest BCUT2D eigenvalue weighted by Crippen LogP contribution is -2.43. The summed E-state index contributed by atoms with van der Waals surface area (Å²) in [7, 11) is 0. The SMILES string of the molecule is Cl.Nc1ccc2c(C(=C=O)CCN3CCNCC3)csc2c1. The van der Waals surface area contributed by atoms with Crippen molar-refractivity contribution >= 4 is 51.0 Å². The number of halogens is 1. The minimum atomic E-state index is 0. The van der Waals surface area contributed by atoms with Gasteiger partial charge in [-0.15, -0.1) is 23.7 Å². The molecule has 0 spiro atoms. The first-order chi connectivity index (χ1) is 10.3. The van der Waals surface area contributed by atoms with Crippen molar-refractivity contribution in [1.82, 2.24) is 10.2 Å². The topological polar surface area (TPSA) is 58.4 Å². The third-order valence-corrected chi connectivity index (χ3v) is 4.88. The summed E-state index contributed by atoms with van der Waals surface area (Å²) < 4.78 is 1.12. The number of carbonyl (C=O) groups excluding carboxylic acids is 1. The van der Waals surface area contributed by atoms with E-state index in [4.69, 9.17) is 5.73 Å². The molecule has 4 nitrogen and oxygen atoms in total. The van der Waals surface area contributed by atoms with E-state index in [2.05, 4.69) is 16.2 Å². The van der Waals surface area contributed by atoms with Gasteiger partial charge in [-0.2, -0.15) is 0 Å². The van der Waals surface area contributed by atoms with Gasteiger partial charge in [0.25, 0.3) is 0 Å². The lowest BCUT2D eigenvalue weighted by Gasteiger charge is -2.27. The maximum absolute atomic E-state index is 11.4. The number of nitrogens with two attached hydrogens (primary N) is 1. The Labute approximate surface area is 140 Å². The highest BCUT2D eigenvalue weighted by atomic mass is 35.5. The number of rotatable bonds is 4. The average molecular weight is 338 g/mol. The van der Waals surface area contributed by atoms with E-state index in [1.165, 1.54) is 0 Å². The number of nitrogens with one attached hydrogen (secondary N) is 1. The standard InChI is InChI=1S/C16H19N3OS.ClH/c17-13-1-2-14-15(11-21-16(14)9-13)12(10-20)3-6-19-7-4-18-5-8-19;/h1-2,9,11,18H,3-8,17H2;1H. The normalized spacial score (nSPS) is 15.3. The molecule has 1 saturated heterocycles. The molecule has 0 aliphatic carbocycles. The summed E-state index contributed by atoms with van der Waals surface area (Å²) in [6.07, 6.45) is 0.750. The molecule has 0 radical (unpaired) electrons. The lowest BCUT2D eigenvalue weighted by molar-refractivity contribution is 0.246. The Morgan fingerprint density at radius 3 is 2.86 bits per heavy atom. The molecule has 0 unspecified atom stereocenters. The number of hydrogen-bond donors (Lipinski definition) is 2. The second-order valence-electron chi connectivity index (χ2n) is 5.33. The number of anilines is 1. The highest BCUT2D eigenvalue weighted by molar-refractivity contribution is 7.17. The minimum Gasteiger partial charge on any atom is -0.399 e. The van der Waals surface area contributed by atoms with Gasteiger partial charge in [0.1, 0.15) is 5.94 Å². The van der Waals surface area contributed by atoms with Gasteiger partial charge in [0.15, 0.2) is 0 Å². The van der Waals surface area contributed by atoms with Gasteiger partial charge in [-0.3, -0.25) is 0 Å². The van der Waals surface area contributed by atoms with E-state index in [1.807, 2.05) is 23.6 Å². The van der Waals surface area contributed by atoms with E-state index >= 15 is 0 Å². The third kappa shape index (κ3) is 3.69. The van der Waals surface area contributed by atoms with Gasteiger partial charge < -0.3 is 16.0 Å². The molecule has 1 aliphatic rings. The van der Waals surface area contributed by atoms with Crippen molar-refractivity contribution in [1.29, 1.82) is 0 Å². The number of nitrogen functional groups attached to an aromatic ring is 1. The zero-order chi connectivity index (χ0) is 14.7. The van der Waals surface area contributed by atoms with E-state index in [0.717, 1.165) is 66.1 Å².